The van der Waals surface area contributed by atoms with Gasteiger partial charge in [-0.05, 0) is 35.2 Å². The molecule has 4 heteroatoms. The summed E-state index contributed by atoms with van der Waals surface area (Å²) in [6, 6.07) is 36.8. The Hall–Kier alpha value is -4.18. The highest BCUT2D eigenvalue weighted by Gasteiger charge is 2.28. The number of likely N-dealkylation sites (N-methyl/N-ethyl adjacent to an activating group) is 1. The minimum Gasteiger partial charge on any atom is -0.352 e. The molecule has 0 saturated heterocycles. The van der Waals surface area contributed by atoms with E-state index in [2.05, 4.69) is 5.32 Å². The van der Waals surface area contributed by atoms with E-state index >= 15 is 0 Å². The predicted octanol–water partition coefficient (Wildman–Crippen LogP) is 5.45. The first-order valence-electron chi connectivity index (χ1n) is 11.4. The standard InChI is InChI=1S/C30H28N2O2/c1-32(30(34)28(24-15-7-3-8-16-24)25-17-9-4-10-18-25)27-20-12-11-19-26(27)29(33)31-22-21-23-13-5-2-6-14-23/h2-20,28H,21-22H2,1H3,(H,31,33). The van der Waals surface area contributed by atoms with Crippen molar-refractivity contribution in [2.75, 3.05) is 18.5 Å². The Morgan fingerprint density at radius 3 is 1.79 bits per heavy atom. The average molecular weight is 449 g/mol. The van der Waals surface area contributed by atoms with Crippen LogP contribution in [0, 0.1) is 0 Å². The molecule has 4 aromatic carbocycles. The fourth-order valence-corrected chi connectivity index (χ4v) is 4.10. The van der Waals surface area contributed by atoms with Crippen LogP contribution in [0.25, 0.3) is 0 Å². The quantitative estimate of drug-likeness (QED) is 0.389. The second kappa shape index (κ2) is 11.1. The monoisotopic (exact) mass is 448 g/mol. The molecule has 0 aliphatic carbocycles. The van der Waals surface area contributed by atoms with Crippen LogP contribution >= 0.6 is 0 Å². The van der Waals surface area contributed by atoms with Crippen molar-refractivity contribution < 1.29 is 9.59 Å². The Bertz CT molecular complexity index is 1180. The summed E-state index contributed by atoms with van der Waals surface area (Å²) in [5.41, 5.74) is 4.05. The van der Waals surface area contributed by atoms with Crippen LogP contribution in [0.5, 0.6) is 0 Å². The van der Waals surface area contributed by atoms with Crippen molar-refractivity contribution in [1.82, 2.24) is 5.32 Å². The topological polar surface area (TPSA) is 49.4 Å². The van der Waals surface area contributed by atoms with Crippen LogP contribution < -0.4 is 10.2 Å². The van der Waals surface area contributed by atoms with E-state index in [0.717, 1.165) is 23.1 Å². The Morgan fingerprint density at radius 1 is 0.706 bits per heavy atom. The molecule has 4 nitrogen and oxygen atoms in total. The van der Waals surface area contributed by atoms with Crippen LogP contribution in [-0.2, 0) is 11.2 Å². The van der Waals surface area contributed by atoms with Gasteiger partial charge in [0.2, 0.25) is 5.91 Å². The lowest BCUT2D eigenvalue weighted by atomic mass is 9.90. The molecule has 4 rings (SSSR count). The molecule has 34 heavy (non-hydrogen) atoms. The number of anilines is 1. The summed E-state index contributed by atoms with van der Waals surface area (Å²) in [4.78, 5) is 28.5. The first kappa shape index (κ1) is 23.0. The summed E-state index contributed by atoms with van der Waals surface area (Å²) in [6.45, 7) is 0.519. The second-order valence-electron chi connectivity index (χ2n) is 8.16. The minimum atomic E-state index is -0.471. The highest BCUT2D eigenvalue weighted by Crippen LogP contribution is 2.29. The lowest BCUT2D eigenvalue weighted by molar-refractivity contribution is -0.118. The zero-order valence-electron chi connectivity index (χ0n) is 19.2. The van der Waals surface area contributed by atoms with E-state index in [1.54, 1.807) is 18.0 Å². The van der Waals surface area contributed by atoms with E-state index in [0.29, 0.717) is 17.8 Å². The number of nitrogens with one attached hydrogen (secondary N) is 1. The van der Waals surface area contributed by atoms with Gasteiger partial charge in [0.1, 0.15) is 0 Å². The van der Waals surface area contributed by atoms with E-state index in [9.17, 15) is 9.59 Å². The summed E-state index contributed by atoms with van der Waals surface area (Å²) < 4.78 is 0. The SMILES string of the molecule is CN(C(=O)C(c1ccccc1)c1ccccc1)c1ccccc1C(=O)NCCc1ccccc1. The van der Waals surface area contributed by atoms with Crippen molar-refractivity contribution in [2.24, 2.45) is 0 Å². The maximum atomic E-state index is 13.8. The fourth-order valence-electron chi connectivity index (χ4n) is 4.10. The summed E-state index contributed by atoms with van der Waals surface area (Å²) >= 11 is 0. The molecular weight excluding hydrogens is 420 g/mol. The van der Waals surface area contributed by atoms with Crippen LogP contribution in [0.4, 0.5) is 5.69 Å². The molecule has 0 bridgehead atoms. The molecule has 0 aliphatic rings. The van der Waals surface area contributed by atoms with Gasteiger partial charge in [-0.3, -0.25) is 9.59 Å². The molecule has 0 aliphatic heterocycles. The number of hydrogen-bond donors (Lipinski definition) is 1. The van der Waals surface area contributed by atoms with Gasteiger partial charge >= 0.3 is 0 Å². The zero-order chi connectivity index (χ0) is 23.8. The third-order valence-electron chi connectivity index (χ3n) is 5.90. The van der Waals surface area contributed by atoms with Crippen LogP contribution in [0.2, 0.25) is 0 Å². The van der Waals surface area contributed by atoms with E-state index in [1.807, 2.05) is 109 Å². The van der Waals surface area contributed by atoms with Gasteiger partial charge in [-0.1, -0.05) is 103 Å². The number of carbonyl (C=O) groups is 2. The van der Waals surface area contributed by atoms with Crippen molar-refractivity contribution in [3.05, 3.63) is 138 Å². The van der Waals surface area contributed by atoms with Gasteiger partial charge in [0.05, 0.1) is 17.2 Å². The van der Waals surface area contributed by atoms with Crippen LogP contribution in [0.3, 0.4) is 0 Å². The van der Waals surface area contributed by atoms with Crippen molar-refractivity contribution in [3.8, 4) is 0 Å². The van der Waals surface area contributed by atoms with Gasteiger partial charge in [0.15, 0.2) is 0 Å². The summed E-state index contributed by atoms with van der Waals surface area (Å²) in [5.74, 6) is -0.759. The van der Waals surface area contributed by atoms with E-state index in [4.69, 9.17) is 0 Å². The average Bonchev–Trinajstić information content (AvgIpc) is 2.90. The van der Waals surface area contributed by atoms with Gasteiger partial charge in [-0.2, -0.15) is 0 Å². The Morgan fingerprint density at radius 2 is 1.21 bits per heavy atom. The maximum Gasteiger partial charge on any atom is 0.253 e. The number of benzene rings is 4. The van der Waals surface area contributed by atoms with Crippen molar-refractivity contribution in [1.29, 1.82) is 0 Å². The first-order valence-corrected chi connectivity index (χ1v) is 11.4. The highest BCUT2D eigenvalue weighted by molar-refractivity contribution is 6.06. The highest BCUT2D eigenvalue weighted by atomic mass is 16.2. The van der Waals surface area contributed by atoms with E-state index in [-0.39, 0.29) is 11.8 Å². The van der Waals surface area contributed by atoms with Gasteiger partial charge in [0.25, 0.3) is 5.91 Å². The predicted molar refractivity (Wildman–Crippen MR) is 137 cm³/mol. The number of hydrogen-bond acceptors (Lipinski definition) is 2. The number of amides is 2. The van der Waals surface area contributed by atoms with Gasteiger partial charge in [-0.15, -0.1) is 0 Å². The summed E-state index contributed by atoms with van der Waals surface area (Å²) in [7, 11) is 1.73. The molecule has 4 aromatic rings. The molecule has 0 saturated carbocycles. The van der Waals surface area contributed by atoms with Crippen LogP contribution in [0.15, 0.2) is 115 Å². The van der Waals surface area contributed by atoms with Crippen molar-refractivity contribution >= 4 is 17.5 Å². The molecule has 0 aromatic heterocycles. The van der Waals surface area contributed by atoms with Crippen LogP contribution in [0.1, 0.15) is 33.0 Å². The molecule has 0 unspecified atom stereocenters. The lowest BCUT2D eigenvalue weighted by Gasteiger charge is -2.26. The van der Waals surface area contributed by atoms with Crippen molar-refractivity contribution in [3.63, 3.8) is 0 Å². The molecule has 170 valence electrons. The molecule has 2 amide bonds. The molecule has 0 radical (unpaired) electrons. The van der Waals surface area contributed by atoms with E-state index < -0.39 is 5.92 Å². The molecule has 1 N–H and O–H groups in total. The largest absolute Gasteiger partial charge is 0.352 e. The third-order valence-corrected chi connectivity index (χ3v) is 5.90. The smallest absolute Gasteiger partial charge is 0.253 e. The zero-order valence-corrected chi connectivity index (χ0v) is 19.2. The lowest BCUT2D eigenvalue weighted by Crippen LogP contribution is -2.35. The fraction of sp³-hybridized carbons (Fsp3) is 0.133. The Kier molecular flexibility index (Phi) is 7.51. The number of carbonyl (C=O) groups excluding carboxylic acids is 2. The van der Waals surface area contributed by atoms with E-state index in [1.165, 1.54) is 0 Å². The Labute approximate surface area is 200 Å². The maximum absolute atomic E-state index is 13.8. The molecular formula is C30H28N2O2. The van der Waals surface area contributed by atoms with Gasteiger partial charge < -0.3 is 10.2 Å². The first-order chi connectivity index (χ1) is 16.6. The minimum absolute atomic E-state index is 0.0954. The summed E-state index contributed by atoms with van der Waals surface area (Å²) in [6.07, 6.45) is 0.744. The van der Waals surface area contributed by atoms with Crippen molar-refractivity contribution in [2.45, 2.75) is 12.3 Å². The normalized spacial score (nSPS) is 10.6. The number of rotatable bonds is 8. The molecule has 0 fully saturated rings. The second-order valence-corrected chi connectivity index (χ2v) is 8.16. The number of nitrogens with zero attached hydrogens (tertiary/aromatic N) is 1. The van der Waals surface area contributed by atoms with Gasteiger partial charge in [-0.25, -0.2) is 0 Å². The van der Waals surface area contributed by atoms with Gasteiger partial charge in [0, 0.05) is 13.6 Å². The third kappa shape index (κ3) is 5.41. The Balaban J connectivity index is 1.56. The molecule has 0 spiro atoms. The molecule has 0 atom stereocenters. The number of para-hydroxylation sites is 1. The molecule has 0 heterocycles. The van der Waals surface area contributed by atoms with Crippen LogP contribution in [-0.4, -0.2) is 25.4 Å². The summed E-state index contributed by atoms with van der Waals surface area (Å²) in [5, 5.41) is 3.00.